The average molecular weight is 617 g/mol. The highest BCUT2D eigenvalue weighted by Crippen LogP contribution is 2.29. The normalized spacial score (nSPS) is 14.4. The van der Waals surface area contributed by atoms with Crippen LogP contribution in [-0.4, -0.2) is 43.8 Å². The standard InChI is InChI=1S/C31H35Cl2N3O4S/c1-3-28(31(38)34-25-12-8-9-13-25)35(20-23-17-18-24(32)19-27(23)33)30(37)21-36(29-16-10-7-11-22(29)2)41(39,40)26-14-5-4-6-15-26/h4-7,10-11,14-19,25,28H,3,8-9,12-13,20-21H2,1-2H3,(H,34,38)/t28-/m0/s1. The molecule has 218 valence electrons. The molecule has 41 heavy (non-hydrogen) atoms. The summed E-state index contributed by atoms with van der Waals surface area (Å²) in [5.74, 6) is -0.779. The monoisotopic (exact) mass is 615 g/mol. The van der Waals surface area contributed by atoms with Crippen LogP contribution in [0.1, 0.15) is 50.2 Å². The Morgan fingerprint density at radius 2 is 1.63 bits per heavy atom. The molecule has 3 aromatic carbocycles. The fourth-order valence-corrected chi connectivity index (χ4v) is 7.16. The minimum Gasteiger partial charge on any atom is -0.352 e. The van der Waals surface area contributed by atoms with Crippen LogP contribution in [0, 0.1) is 6.92 Å². The van der Waals surface area contributed by atoms with Crippen LogP contribution in [0.2, 0.25) is 10.0 Å². The van der Waals surface area contributed by atoms with E-state index in [1.54, 1.807) is 61.5 Å². The number of amides is 2. The van der Waals surface area contributed by atoms with E-state index in [1.165, 1.54) is 17.0 Å². The van der Waals surface area contributed by atoms with Gasteiger partial charge >= 0.3 is 0 Å². The third-order valence-electron chi connectivity index (χ3n) is 7.44. The molecule has 1 aliphatic carbocycles. The van der Waals surface area contributed by atoms with E-state index in [1.807, 2.05) is 13.0 Å². The lowest BCUT2D eigenvalue weighted by Gasteiger charge is -2.34. The molecular weight excluding hydrogens is 581 g/mol. The highest BCUT2D eigenvalue weighted by molar-refractivity contribution is 7.92. The van der Waals surface area contributed by atoms with E-state index in [9.17, 15) is 18.0 Å². The van der Waals surface area contributed by atoms with Crippen molar-refractivity contribution in [2.45, 2.75) is 69.5 Å². The number of para-hydroxylation sites is 1. The van der Waals surface area contributed by atoms with Crippen molar-refractivity contribution in [3.8, 4) is 0 Å². The zero-order valence-electron chi connectivity index (χ0n) is 23.2. The number of benzene rings is 3. The van der Waals surface area contributed by atoms with Crippen LogP contribution in [0.5, 0.6) is 0 Å². The maximum atomic E-state index is 14.2. The highest BCUT2D eigenvalue weighted by atomic mass is 35.5. The second-order valence-electron chi connectivity index (χ2n) is 10.3. The third kappa shape index (κ3) is 7.42. The van der Waals surface area contributed by atoms with Gasteiger partial charge in [0.05, 0.1) is 10.6 Å². The molecule has 1 N–H and O–H groups in total. The van der Waals surface area contributed by atoms with E-state index in [0.717, 1.165) is 30.0 Å². The van der Waals surface area contributed by atoms with Gasteiger partial charge in [-0.2, -0.15) is 0 Å². The zero-order valence-corrected chi connectivity index (χ0v) is 25.6. The first-order chi connectivity index (χ1) is 19.6. The van der Waals surface area contributed by atoms with Gasteiger partial charge in [-0.15, -0.1) is 0 Å². The first-order valence-corrected chi connectivity index (χ1v) is 16.0. The van der Waals surface area contributed by atoms with Crippen molar-refractivity contribution < 1.29 is 18.0 Å². The fourth-order valence-electron chi connectivity index (χ4n) is 5.20. The van der Waals surface area contributed by atoms with E-state index < -0.39 is 28.5 Å². The second-order valence-corrected chi connectivity index (χ2v) is 13.0. The zero-order chi connectivity index (χ0) is 29.6. The molecule has 0 aromatic heterocycles. The summed E-state index contributed by atoms with van der Waals surface area (Å²) in [6.07, 6.45) is 4.23. The summed E-state index contributed by atoms with van der Waals surface area (Å²) >= 11 is 12.6. The molecule has 3 aromatic rings. The summed E-state index contributed by atoms with van der Waals surface area (Å²) < 4.78 is 29.0. The maximum absolute atomic E-state index is 14.2. The highest BCUT2D eigenvalue weighted by Gasteiger charge is 2.35. The topological polar surface area (TPSA) is 86.8 Å². The number of rotatable bonds is 11. The van der Waals surface area contributed by atoms with E-state index >= 15 is 0 Å². The number of sulfonamides is 1. The van der Waals surface area contributed by atoms with Gasteiger partial charge in [-0.3, -0.25) is 13.9 Å². The summed E-state index contributed by atoms with van der Waals surface area (Å²) in [4.78, 5) is 29.3. The van der Waals surface area contributed by atoms with Crippen molar-refractivity contribution in [1.82, 2.24) is 10.2 Å². The summed E-state index contributed by atoms with van der Waals surface area (Å²) in [5.41, 5.74) is 1.68. The smallest absolute Gasteiger partial charge is 0.264 e. The Kier molecular flexibility index (Phi) is 10.3. The number of halogens is 2. The number of aryl methyl sites for hydroxylation is 1. The average Bonchev–Trinajstić information content (AvgIpc) is 3.46. The molecule has 1 aliphatic rings. The van der Waals surface area contributed by atoms with Crippen molar-refractivity contribution in [2.75, 3.05) is 10.8 Å². The molecule has 2 amide bonds. The molecule has 0 heterocycles. The molecule has 1 fully saturated rings. The van der Waals surface area contributed by atoms with Gasteiger partial charge in [0.15, 0.2) is 0 Å². The van der Waals surface area contributed by atoms with Gasteiger partial charge in [0.1, 0.15) is 12.6 Å². The van der Waals surface area contributed by atoms with Gasteiger partial charge in [-0.05, 0) is 67.6 Å². The van der Waals surface area contributed by atoms with Gasteiger partial charge in [-0.25, -0.2) is 8.42 Å². The fraction of sp³-hybridized carbons (Fsp3) is 0.355. The van der Waals surface area contributed by atoms with Crippen LogP contribution in [0.4, 0.5) is 5.69 Å². The van der Waals surface area contributed by atoms with Crippen LogP contribution in [-0.2, 0) is 26.2 Å². The molecule has 7 nitrogen and oxygen atoms in total. The van der Waals surface area contributed by atoms with Gasteiger partial charge in [0.2, 0.25) is 11.8 Å². The Hall–Kier alpha value is -3.07. The molecule has 10 heteroatoms. The number of nitrogens with one attached hydrogen (secondary N) is 1. The SMILES string of the molecule is CC[C@@H](C(=O)NC1CCCC1)N(Cc1ccc(Cl)cc1Cl)C(=O)CN(c1ccccc1C)S(=O)(=O)c1ccccc1. The molecule has 0 saturated heterocycles. The number of nitrogens with zero attached hydrogens (tertiary/aromatic N) is 2. The van der Waals surface area contributed by atoms with Crippen molar-refractivity contribution in [2.24, 2.45) is 0 Å². The summed E-state index contributed by atoms with van der Waals surface area (Å²) in [6.45, 7) is 3.14. The third-order valence-corrected chi connectivity index (χ3v) is 9.80. The number of carbonyl (C=O) groups is 2. The summed E-state index contributed by atoms with van der Waals surface area (Å²) in [5, 5.41) is 3.91. The number of hydrogen-bond donors (Lipinski definition) is 1. The van der Waals surface area contributed by atoms with Crippen molar-refractivity contribution in [3.63, 3.8) is 0 Å². The minimum absolute atomic E-state index is 0.0123. The maximum Gasteiger partial charge on any atom is 0.264 e. The first kappa shape index (κ1) is 30.9. The Morgan fingerprint density at radius 3 is 2.27 bits per heavy atom. The van der Waals surface area contributed by atoms with Gasteiger partial charge in [-0.1, -0.05) is 85.4 Å². The van der Waals surface area contributed by atoms with E-state index in [4.69, 9.17) is 23.2 Å². The molecule has 0 bridgehead atoms. The van der Waals surface area contributed by atoms with Gasteiger partial charge in [0.25, 0.3) is 10.0 Å². The molecule has 0 spiro atoms. The predicted molar refractivity (Wildman–Crippen MR) is 164 cm³/mol. The minimum atomic E-state index is -4.12. The molecular formula is C31H35Cl2N3O4S. The van der Waals surface area contributed by atoms with Gasteiger partial charge in [0, 0.05) is 22.6 Å². The molecule has 4 rings (SSSR count). The van der Waals surface area contributed by atoms with E-state index in [0.29, 0.717) is 33.3 Å². The van der Waals surface area contributed by atoms with Crippen LogP contribution in [0.3, 0.4) is 0 Å². The lowest BCUT2D eigenvalue weighted by molar-refractivity contribution is -0.140. The Morgan fingerprint density at radius 1 is 0.976 bits per heavy atom. The van der Waals surface area contributed by atoms with Crippen LogP contribution in [0.15, 0.2) is 77.7 Å². The second kappa shape index (κ2) is 13.7. The molecule has 1 saturated carbocycles. The Bertz CT molecular complexity index is 1480. The Labute approximate surface area is 252 Å². The number of anilines is 1. The van der Waals surface area contributed by atoms with Crippen molar-refractivity contribution >= 4 is 50.7 Å². The number of hydrogen-bond acceptors (Lipinski definition) is 4. The lowest BCUT2D eigenvalue weighted by atomic mass is 10.1. The summed E-state index contributed by atoms with van der Waals surface area (Å²) in [7, 11) is -4.12. The molecule has 0 aliphatic heterocycles. The van der Waals surface area contributed by atoms with E-state index in [-0.39, 0.29) is 23.4 Å². The molecule has 1 atom stereocenters. The lowest BCUT2D eigenvalue weighted by Crippen LogP contribution is -2.53. The largest absolute Gasteiger partial charge is 0.352 e. The van der Waals surface area contributed by atoms with E-state index in [2.05, 4.69) is 5.32 Å². The van der Waals surface area contributed by atoms with Crippen LogP contribution < -0.4 is 9.62 Å². The quantitative estimate of drug-likeness (QED) is 0.272. The number of carbonyl (C=O) groups excluding carboxylic acids is 2. The van der Waals surface area contributed by atoms with Gasteiger partial charge < -0.3 is 10.2 Å². The Balaban J connectivity index is 1.73. The first-order valence-electron chi connectivity index (χ1n) is 13.8. The molecule has 0 unspecified atom stereocenters. The van der Waals surface area contributed by atoms with Crippen LogP contribution in [0.25, 0.3) is 0 Å². The predicted octanol–water partition coefficient (Wildman–Crippen LogP) is 6.36. The molecule has 0 radical (unpaired) electrons. The summed E-state index contributed by atoms with van der Waals surface area (Å²) in [6, 6.07) is 19.2. The van der Waals surface area contributed by atoms with Crippen molar-refractivity contribution in [1.29, 1.82) is 0 Å². The van der Waals surface area contributed by atoms with Crippen molar-refractivity contribution in [3.05, 3.63) is 94.0 Å². The van der Waals surface area contributed by atoms with Crippen LogP contribution >= 0.6 is 23.2 Å².